The van der Waals surface area contributed by atoms with E-state index in [1.54, 1.807) is 0 Å². The average molecular weight is 317 g/mol. The van der Waals surface area contributed by atoms with Crippen LogP contribution in [0.3, 0.4) is 0 Å². The number of hydrogen-bond acceptors (Lipinski definition) is 7. The Labute approximate surface area is 121 Å². The molecule has 1 fully saturated rings. The van der Waals surface area contributed by atoms with Crippen LogP contribution < -0.4 is 10.6 Å². The highest BCUT2D eigenvalue weighted by Gasteiger charge is 2.27. The monoisotopic (exact) mass is 317 g/mol. The molecule has 8 heteroatoms. The fraction of sp³-hybridized carbons (Fsp3) is 0.545. The third-order valence-electron chi connectivity index (χ3n) is 2.86. The molecular formula is C11H15N3O2S3. The Balaban J connectivity index is 2.53. The van der Waals surface area contributed by atoms with Crippen molar-refractivity contribution in [3.8, 4) is 6.07 Å². The van der Waals surface area contributed by atoms with Crippen LogP contribution in [0.2, 0.25) is 0 Å². The lowest BCUT2D eigenvalue weighted by atomic mass is 10.3. The van der Waals surface area contributed by atoms with E-state index in [9.17, 15) is 8.42 Å². The molecule has 1 aromatic rings. The number of nitriles is 1. The van der Waals surface area contributed by atoms with Crippen molar-refractivity contribution in [1.29, 1.82) is 5.26 Å². The van der Waals surface area contributed by atoms with Gasteiger partial charge in [0.25, 0.3) is 0 Å². The van der Waals surface area contributed by atoms with Crippen molar-refractivity contribution >= 4 is 43.6 Å². The van der Waals surface area contributed by atoms with Crippen molar-refractivity contribution in [1.82, 2.24) is 0 Å². The van der Waals surface area contributed by atoms with E-state index < -0.39 is 9.84 Å². The second kappa shape index (κ2) is 5.61. The third kappa shape index (κ3) is 2.99. The standard InChI is InChI=1S/C11H15N3O2S3/c1-19(15,16)10-9(13)8(7-12)18-11(10)14-3-2-5-17-6-4-14/h2-6,13H2,1H3. The first-order valence-electron chi connectivity index (χ1n) is 5.80. The largest absolute Gasteiger partial charge is 0.396 e. The molecule has 0 spiro atoms. The van der Waals surface area contributed by atoms with Crippen LogP contribution in [0.25, 0.3) is 0 Å². The van der Waals surface area contributed by atoms with E-state index in [0.29, 0.717) is 5.00 Å². The minimum Gasteiger partial charge on any atom is -0.396 e. The Hall–Kier alpha value is -0.910. The summed E-state index contributed by atoms with van der Waals surface area (Å²) in [6.07, 6.45) is 2.15. The van der Waals surface area contributed by atoms with Gasteiger partial charge in [-0.15, -0.1) is 11.3 Å². The highest BCUT2D eigenvalue weighted by Crippen LogP contribution is 2.41. The predicted molar refractivity (Wildman–Crippen MR) is 80.7 cm³/mol. The van der Waals surface area contributed by atoms with Crippen molar-refractivity contribution < 1.29 is 8.42 Å². The lowest BCUT2D eigenvalue weighted by molar-refractivity contribution is 0.602. The van der Waals surface area contributed by atoms with E-state index in [-0.39, 0.29) is 15.5 Å². The SMILES string of the molecule is CS(=O)(=O)c1c(N2CCCSCC2)sc(C#N)c1N. The summed E-state index contributed by atoms with van der Waals surface area (Å²) in [5.74, 6) is 2.04. The van der Waals surface area contributed by atoms with Gasteiger partial charge in [0.1, 0.15) is 20.8 Å². The van der Waals surface area contributed by atoms with Crippen molar-refractivity contribution in [3.05, 3.63) is 4.88 Å². The Kier molecular flexibility index (Phi) is 4.28. The first-order valence-corrected chi connectivity index (χ1v) is 9.66. The smallest absolute Gasteiger partial charge is 0.180 e. The van der Waals surface area contributed by atoms with Gasteiger partial charge >= 0.3 is 0 Å². The molecule has 0 atom stereocenters. The molecule has 0 aliphatic carbocycles. The Bertz CT molecular complexity index is 608. The third-order valence-corrected chi connectivity index (χ3v) is 6.37. The van der Waals surface area contributed by atoms with Crippen LogP contribution in [0, 0.1) is 11.3 Å². The number of hydrogen-bond donors (Lipinski definition) is 1. The number of anilines is 2. The van der Waals surface area contributed by atoms with Gasteiger partial charge in [-0.1, -0.05) is 0 Å². The first kappa shape index (κ1) is 14.5. The molecule has 2 rings (SSSR count). The Morgan fingerprint density at radius 1 is 1.37 bits per heavy atom. The van der Waals surface area contributed by atoms with Gasteiger partial charge in [0.2, 0.25) is 0 Å². The number of sulfone groups is 1. The van der Waals surface area contributed by atoms with Gasteiger partial charge in [0.15, 0.2) is 9.84 Å². The number of rotatable bonds is 2. The maximum Gasteiger partial charge on any atom is 0.180 e. The molecular weight excluding hydrogens is 302 g/mol. The van der Waals surface area contributed by atoms with Gasteiger partial charge < -0.3 is 10.6 Å². The molecule has 19 heavy (non-hydrogen) atoms. The summed E-state index contributed by atoms with van der Waals surface area (Å²) in [7, 11) is -3.43. The van der Waals surface area contributed by atoms with Crippen molar-refractivity contribution in [2.75, 3.05) is 41.5 Å². The first-order chi connectivity index (χ1) is 8.95. The zero-order valence-corrected chi connectivity index (χ0v) is 13.0. The topological polar surface area (TPSA) is 87.2 Å². The van der Waals surface area contributed by atoms with Gasteiger partial charge in [-0.3, -0.25) is 0 Å². The fourth-order valence-corrected chi connectivity index (χ4v) is 5.46. The number of thiophene rings is 1. The summed E-state index contributed by atoms with van der Waals surface area (Å²) < 4.78 is 23.8. The van der Waals surface area contributed by atoms with Crippen LogP contribution in [-0.4, -0.2) is 39.3 Å². The lowest BCUT2D eigenvalue weighted by Gasteiger charge is -2.21. The molecule has 104 valence electrons. The number of nitrogens with two attached hydrogens (primary N) is 1. The van der Waals surface area contributed by atoms with Gasteiger partial charge in [-0.2, -0.15) is 17.0 Å². The molecule has 0 aromatic carbocycles. The van der Waals surface area contributed by atoms with Crippen molar-refractivity contribution in [2.24, 2.45) is 0 Å². The van der Waals surface area contributed by atoms with E-state index in [2.05, 4.69) is 0 Å². The maximum atomic E-state index is 11.9. The van der Waals surface area contributed by atoms with E-state index >= 15 is 0 Å². The Morgan fingerprint density at radius 3 is 2.74 bits per heavy atom. The van der Waals surface area contributed by atoms with E-state index in [1.807, 2.05) is 22.7 Å². The quantitative estimate of drug-likeness (QED) is 0.890. The van der Waals surface area contributed by atoms with Gasteiger partial charge in [-0.05, 0) is 12.2 Å². The highest BCUT2D eigenvalue weighted by molar-refractivity contribution is 7.99. The minimum atomic E-state index is -3.43. The fourth-order valence-electron chi connectivity index (χ4n) is 2.02. The summed E-state index contributed by atoms with van der Waals surface area (Å²) in [6.45, 7) is 1.60. The van der Waals surface area contributed by atoms with Crippen LogP contribution in [0.1, 0.15) is 11.3 Å². The van der Waals surface area contributed by atoms with E-state index in [0.717, 1.165) is 37.3 Å². The Morgan fingerprint density at radius 2 is 2.11 bits per heavy atom. The summed E-state index contributed by atoms with van der Waals surface area (Å²) in [6, 6.07) is 1.98. The molecule has 1 aromatic heterocycles. The lowest BCUT2D eigenvalue weighted by Crippen LogP contribution is -2.26. The summed E-state index contributed by atoms with van der Waals surface area (Å²) in [4.78, 5) is 2.45. The van der Waals surface area contributed by atoms with Crippen molar-refractivity contribution in [2.45, 2.75) is 11.3 Å². The van der Waals surface area contributed by atoms with Crippen molar-refractivity contribution in [3.63, 3.8) is 0 Å². The molecule has 2 heterocycles. The molecule has 1 saturated heterocycles. The molecule has 0 bridgehead atoms. The number of thioether (sulfide) groups is 1. The maximum absolute atomic E-state index is 11.9. The van der Waals surface area contributed by atoms with Crippen LogP contribution in [0.15, 0.2) is 4.90 Å². The van der Waals surface area contributed by atoms with Crippen LogP contribution >= 0.6 is 23.1 Å². The van der Waals surface area contributed by atoms with Gasteiger partial charge in [0.05, 0.1) is 5.69 Å². The average Bonchev–Trinajstić information content (AvgIpc) is 2.53. The summed E-state index contributed by atoms with van der Waals surface area (Å²) >= 11 is 3.04. The second-order valence-corrected chi connectivity index (χ2v) is 8.49. The molecule has 2 N–H and O–H groups in total. The van der Waals surface area contributed by atoms with Gasteiger partial charge in [0, 0.05) is 25.1 Å². The van der Waals surface area contributed by atoms with Crippen LogP contribution in [0.5, 0.6) is 0 Å². The minimum absolute atomic E-state index is 0.0990. The predicted octanol–water partition coefficient (Wildman–Crippen LogP) is 1.55. The molecule has 5 nitrogen and oxygen atoms in total. The molecule has 1 aliphatic heterocycles. The zero-order chi connectivity index (χ0) is 14.0. The zero-order valence-electron chi connectivity index (χ0n) is 10.5. The summed E-state index contributed by atoms with van der Waals surface area (Å²) in [5, 5.41) is 9.66. The summed E-state index contributed by atoms with van der Waals surface area (Å²) in [5.41, 5.74) is 5.92. The molecule has 0 amide bonds. The normalized spacial score (nSPS) is 16.9. The van der Waals surface area contributed by atoms with Crippen LogP contribution in [0.4, 0.5) is 10.7 Å². The van der Waals surface area contributed by atoms with E-state index in [1.165, 1.54) is 11.3 Å². The number of nitrogen functional groups attached to an aromatic ring is 1. The number of nitrogens with zero attached hydrogens (tertiary/aromatic N) is 2. The van der Waals surface area contributed by atoms with E-state index in [4.69, 9.17) is 11.0 Å². The molecule has 1 aliphatic rings. The van der Waals surface area contributed by atoms with Gasteiger partial charge in [-0.25, -0.2) is 8.42 Å². The molecule has 0 radical (unpaired) electrons. The molecule has 0 saturated carbocycles. The van der Waals surface area contributed by atoms with Crippen LogP contribution in [-0.2, 0) is 9.84 Å². The second-order valence-electron chi connectivity index (χ2n) is 4.32. The molecule has 0 unspecified atom stereocenters. The highest BCUT2D eigenvalue weighted by atomic mass is 32.2.